The largest absolute Gasteiger partial charge is 0.352 e. The van der Waals surface area contributed by atoms with Crippen molar-refractivity contribution in [2.24, 2.45) is 0 Å². The fraction of sp³-hybridized carbons (Fsp3) is 0.231. The van der Waals surface area contributed by atoms with Crippen molar-refractivity contribution in [1.29, 1.82) is 5.26 Å². The second kappa shape index (κ2) is 4.88. The average Bonchev–Trinajstić information content (AvgIpc) is 2.78. The Morgan fingerprint density at radius 2 is 2.22 bits per heavy atom. The van der Waals surface area contributed by atoms with E-state index in [2.05, 4.69) is 10.4 Å². The minimum absolute atomic E-state index is 0.00907. The number of nitrogens with one attached hydrogen (secondary N) is 1. The van der Waals surface area contributed by atoms with E-state index in [0.717, 1.165) is 5.69 Å². The molecule has 0 aliphatic heterocycles. The van der Waals surface area contributed by atoms with E-state index in [1.165, 1.54) is 6.07 Å². The number of aromatic nitrogens is 2. The first-order valence-corrected chi connectivity index (χ1v) is 5.61. The second-order valence-corrected chi connectivity index (χ2v) is 4.20. The molecule has 0 unspecified atom stereocenters. The van der Waals surface area contributed by atoms with E-state index in [1.807, 2.05) is 26.1 Å². The molecule has 18 heavy (non-hydrogen) atoms. The highest BCUT2D eigenvalue weighted by Gasteiger charge is 2.09. The molecule has 0 saturated carbocycles. The topological polar surface area (TPSA) is 53.6 Å². The summed E-state index contributed by atoms with van der Waals surface area (Å²) in [5.41, 5.74) is 1.18. The van der Waals surface area contributed by atoms with Crippen LogP contribution in [-0.4, -0.2) is 9.78 Å². The Kier molecular flexibility index (Phi) is 3.28. The monoisotopic (exact) mass is 244 g/mol. The van der Waals surface area contributed by atoms with Crippen LogP contribution in [-0.2, 0) is 0 Å². The molecular formula is C13H13FN4. The number of rotatable bonds is 3. The smallest absolute Gasteiger partial charge is 0.143 e. The van der Waals surface area contributed by atoms with Crippen molar-refractivity contribution in [2.75, 3.05) is 5.32 Å². The average molecular weight is 244 g/mol. The van der Waals surface area contributed by atoms with Gasteiger partial charge in [0.15, 0.2) is 0 Å². The van der Waals surface area contributed by atoms with Crippen molar-refractivity contribution in [3.05, 3.63) is 42.0 Å². The Balaban J connectivity index is 2.29. The fourth-order valence-corrected chi connectivity index (χ4v) is 1.58. The fourth-order valence-electron chi connectivity index (χ4n) is 1.58. The molecule has 0 atom stereocenters. The molecule has 2 aromatic rings. The van der Waals surface area contributed by atoms with Crippen LogP contribution >= 0.6 is 0 Å². The van der Waals surface area contributed by atoms with Crippen molar-refractivity contribution < 1.29 is 4.39 Å². The molecule has 1 aromatic carbocycles. The van der Waals surface area contributed by atoms with Crippen LogP contribution in [0.25, 0.3) is 0 Å². The molecule has 1 heterocycles. The molecular weight excluding hydrogens is 231 g/mol. The molecule has 1 N–H and O–H groups in total. The molecule has 0 bridgehead atoms. The SMILES string of the molecule is CC(C)n1cc(Nc2cccc(F)c2C#N)cn1. The molecule has 0 aliphatic carbocycles. The third-order valence-corrected chi connectivity index (χ3v) is 2.54. The summed E-state index contributed by atoms with van der Waals surface area (Å²) in [5, 5.41) is 16.1. The highest BCUT2D eigenvalue weighted by Crippen LogP contribution is 2.22. The van der Waals surface area contributed by atoms with E-state index in [0.29, 0.717) is 5.69 Å². The number of benzene rings is 1. The van der Waals surface area contributed by atoms with Gasteiger partial charge in [-0.2, -0.15) is 10.4 Å². The van der Waals surface area contributed by atoms with Crippen LogP contribution in [0, 0.1) is 17.1 Å². The van der Waals surface area contributed by atoms with Gasteiger partial charge in [-0.15, -0.1) is 0 Å². The van der Waals surface area contributed by atoms with Crippen LogP contribution in [0.15, 0.2) is 30.6 Å². The minimum Gasteiger partial charge on any atom is -0.352 e. The summed E-state index contributed by atoms with van der Waals surface area (Å²) in [4.78, 5) is 0. The van der Waals surface area contributed by atoms with Crippen molar-refractivity contribution in [1.82, 2.24) is 9.78 Å². The molecule has 5 heteroatoms. The summed E-state index contributed by atoms with van der Waals surface area (Å²) >= 11 is 0. The first-order valence-electron chi connectivity index (χ1n) is 5.61. The molecule has 0 saturated heterocycles. The Morgan fingerprint density at radius 3 is 2.83 bits per heavy atom. The third-order valence-electron chi connectivity index (χ3n) is 2.54. The number of nitriles is 1. The van der Waals surface area contributed by atoms with Crippen molar-refractivity contribution in [2.45, 2.75) is 19.9 Å². The van der Waals surface area contributed by atoms with E-state index in [-0.39, 0.29) is 11.6 Å². The van der Waals surface area contributed by atoms with E-state index >= 15 is 0 Å². The van der Waals surface area contributed by atoms with Gasteiger partial charge >= 0.3 is 0 Å². The second-order valence-electron chi connectivity index (χ2n) is 4.20. The highest BCUT2D eigenvalue weighted by molar-refractivity contribution is 5.65. The Labute approximate surface area is 105 Å². The van der Waals surface area contributed by atoms with Gasteiger partial charge in [0.25, 0.3) is 0 Å². The maximum Gasteiger partial charge on any atom is 0.143 e. The summed E-state index contributed by atoms with van der Waals surface area (Å²) in [6.45, 7) is 4.03. The maximum absolute atomic E-state index is 13.4. The standard InChI is InChI=1S/C13H13FN4/c1-9(2)18-8-10(7-16-18)17-13-5-3-4-12(14)11(13)6-15/h3-5,7-9,17H,1-2H3. The van der Waals surface area contributed by atoms with Crippen LogP contribution in [0.4, 0.5) is 15.8 Å². The summed E-state index contributed by atoms with van der Waals surface area (Å²) in [6.07, 6.45) is 3.46. The zero-order chi connectivity index (χ0) is 13.1. The molecule has 0 fully saturated rings. The van der Waals surface area contributed by atoms with Gasteiger partial charge in [-0.1, -0.05) is 6.07 Å². The Morgan fingerprint density at radius 1 is 1.44 bits per heavy atom. The predicted octanol–water partition coefficient (Wildman–Crippen LogP) is 3.22. The lowest BCUT2D eigenvalue weighted by Crippen LogP contribution is -2.00. The lowest BCUT2D eigenvalue weighted by Gasteiger charge is -2.06. The van der Waals surface area contributed by atoms with Gasteiger partial charge in [0.05, 0.1) is 17.6 Å². The predicted molar refractivity (Wildman–Crippen MR) is 67.0 cm³/mol. The molecule has 92 valence electrons. The van der Waals surface area contributed by atoms with Crippen LogP contribution in [0.2, 0.25) is 0 Å². The van der Waals surface area contributed by atoms with Gasteiger partial charge in [0.2, 0.25) is 0 Å². The van der Waals surface area contributed by atoms with Crippen molar-refractivity contribution in [3.63, 3.8) is 0 Å². The molecule has 0 radical (unpaired) electrons. The van der Waals surface area contributed by atoms with E-state index in [1.54, 1.807) is 23.0 Å². The van der Waals surface area contributed by atoms with Crippen molar-refractivity contribution >= 4 is 11.4 Å². The number of anilines is 2. The maximum atomic E-state index is 13.4. The zero-order valence-corrected chi connectivity index (χ0v) is 10.2. The van der Waals surface area contributed by atoms with E-state index in [4.69, 9.17) is 5.26 Å². The van der Waals surface area contributed by atoms with Crippen molar-refractivity contribution in [3.8, 4) is 6.07 Å². The van der Waals surface area contributed by atoms with Crippen LogP contribution in [0.5, 0.6) is 0 Å². The summed E-state index contributed by atoms with van der Waals surface area (Å²) < 4.78 is 15.2. The van der Waals surface area contributed by atoms with Gasteiger partial charge in [-0.25, -0.2) is 4.39 Å². The molecule has 2 rings (SSSR count). The lowest BCUT2D eigenvalue weighted by molar-refractivity contribution is 0.532. The van der Waals surface area contributed by atoms with Gasteiger partial charge in [0.1, 0.15) is 17.4 Å². The summed E-state index contributed by atoms with van der Waals surface area (Å²) in [5.74, 6) is -0.529. The molecule has 0 amide bonds. The van der Waals surface area contributed by atoms with Gasteiger partial charge in [0, 0.05) is 12.2 Å². The highest BCUT2D eigenvalue weighted by atomic mass is 19.1. The summed E-state index contributed by atoms with van der Waals surface area (Å²) in [7, 11) is 0. The molecule has 0 aliphatic rings. The Hall–Kier alpha value is -2.35. The van der Waals surface area contributed by atoms with Gasteiger partial charge < -0.3 is 5.32 Å². The van der Waals surface area contributed by atoms with E-state index in [9.17, 15) is 4.39 Å². The zero-order valence-electron chi connectivity index (χ0n) is 10.2. The van der Waals surface area contributed by atoms with Crippen LogP contribution in [0.3, 0.4) is 0 Å². The quantitative estimate of drug-likeness (QED) is 0.901. The molecule has 4 nitrogen and oxygen atoms in total. The van der Waals surface area contributed by atoms with Crippen LogP contribution < -0.4 is 5.32 Å². The third kappa shape index (κ3) is 2.33. The molecule has 1 aromatic heterocycles. The number of nitrogens with zero attached hydrogens (tertiary/aromatic N) is 3. The lowest BCUT2D eigenvalue weighted by atomic mass is 10.2. The first kappa shape index (κ1) is 12.1. The number of hydrogen-bond donors (Lipinski definition) is 1. The summed E-state index contributed by atoms with van der Waals surface area (Å²) in [6, 6.07) is 6.59. The van der Waals surface area contributed by atoms with Gasteiger partial charge in [-0.3, -0.25) is 4.68 Å². The van der Waals surface area contributed by atoms with Crippen LogP contribution in [0.1, 0.15) is 25.5 Å². The van der Waals surface area contributed by atoms with E-state index < -0.39 is 5.82 Å². The molecule has 0 spiro atoms. The normalized spacial score (nSPS) is 10.4. The Bertz CT molecular complexity index is 595. The number of hydrogen-bond acceptors (Lipinski definition) is 3. The minimum atomic E-state index is -0.529. The number of halogens is 1. The van der Waals surface area contributed by atoms with Gasteiger partial charge in [-0.05, 0) is 26.0 Å². The first-order chi connectivity index (χ1) is 8.61.